The third kappa shape index (κ3) is 6.39. The lowest BCUT2D eigenvalue weighted by molar-refractivity contribution is -0.148. The molecule has 120 valence electrons. The summed E-state index contributed by atoms with van der Waals surface area (Å²) < 4.78 is 9.13. The first-order chi connectivity index (χ1) is 10.6. The highest BCUT2D eigenvalue weighted by atomic mass is 16.5. The molecule has 0 N–H and O–H groups in total. The quantitative estimate of drug-likeness (QED) is 0.674. The van der Waals surface area contributed by atoms with Crippen molar-refractivity contribution >= 4 is 17.8 Å². The Kier molecular flexibility index (Phi) is 7.67. The van der Waals surface area contributed by atoms with Gasteiger partial charge in [-0.1, -0.05) is 30.3 Å². The predicted molar refractivity (Wildman–Crippen MR) is 80.0 cm³/mol. The number of ether oxygens (including phenoxy) is 2. The van der Waals surface area contributed by atoms with Crippen molar-refractivity contribution in [2.24, 2.45) is 0 Å². The third-order valence-corrected chi connectivity index (χ3v) is 3.18. The Bertz CT molecular complexity index is 501. The summed E-state index contributed by atoms with van der Waals surface area (Å²) in [7, 11) is 2.54. The molecule has 6 heteroatoms. The highest BCUT2D eigenvalue weighted by Gasteiger charge is 2.18. The van der Waals surface area contributed by atoms with Gasteiger partial charge in [0.25, 0.3) is 0 Å². The number of benzene rings is 1. The number of esters is 2. The second-order valence-corrected chi connectivity index (χ2v) is 4.70. The maximum absolute atomic E-state index is 12.2. The zero-order valence-corrected chi connectivity index (χ0v) is 12.9. The maximum Gasteiger partial charge on any atom is 0.325 e. The van der Waals surface area contributed by atoms with Gasteiger partial charge in [-0.3, -0.25) is 14.4 Å². The van der Waals surface area contributed by atoms with Gasteiger partial charge in [-0.05, 0) is 12.0 Å². The van der Waals surface area contributed by atoms with Gasteiger partial charge in [0.1, 0.15) is 6.54 Å². The summed E-state index contributed by atoms with van der Waals surface area (Å²) in [5, 5.41) is 0. The number of amides is 1. The van der Waals surface area contributed by atoms with E-state index in [0.717, 1.165) is 5.56 Å². The molecule has 1 aromatic carbocycles. The van der Waals surface area contributed by atoms with Crippen molar-refractivity contribution in [3.8, 4) is 0 Å². The van der Waals surface area contributed by atoms with E-state index in [4.69, 9.17) is 0 Å². The molecule has 0 radical (unpaired) electrons. The van der Waals surface area contributed by atoms with Crippen LogP contribution in [0.1, 0.15) is 18.4 Å². The van der Waals surface area contributed by atoms with Crippen LogP contribution in [0.2, 0.25) is 0 Å². The minimum absolute atomic E-state index is 0.0462. The Morgan fingerprint density at radius 3 is 2.18 bits per heavy atom. The topological polar surface area (TPSA) is 72.9 Å². The van der Waals surface area contributed by atoms with Gasteiger partial charge in [-0.2, -0.15) is 0 Å². The zero-order valence-electron chi connectivity index (χ0n) is 12.9. The third-order valence-electron chi connectivity index (χ3n) is 3.18. The summed E-state index contributed by atoms with van der Waals surface area (Å²) in [4.78, 5) is 36.1. The molecule has 6 nitrogen and oxygen atoms in total. The van der Waals surface area contributed by atoms with Gasteiger partial charge < -0.3 is 14.4 Å². The smallest absolute Gasteiger partial charge is 0.325 e. The molecule has 0 saturated carbocycles. The van der Waals surface area contributed by atoms with Gasteiger partial charge in [0.05, 0.1) is 20.6 Å². The number of methoxy groups -OCH3 is 2. The van der Waals surface area contributed by atoms with Gasteiger partial charge >= 0.3 is 11.9 Å². The first-order valence-electron chi connectivity index (χ1n) is 7.02. The fraction of sp³-hybridized carbons (Fsp3) is 0.438. The minimum Gasteiger partial charge on any atom is -0.469 e. The molecule has 0 aliphatic heterocycles. The molecule has 0 saturated heterocycles. The van der Waals surface area contributed by atoms with Crippen LogP contribution in [0.5, 0.6) is 0 Å². The predicted octanol–water partition coefficient (Wildman–Crippen LogP) is 1.18. The van der Waals surface area contributed by atoms with E-state index in [9.17, 15) is 14.4 Å². The Morgan fingerprint density at radius 1 is 0.955 bits per heavy atom. The molecule has 0 heterocycles. The lowest BCUT2D eigenvalue weighted by atomic mass is 10.1. The molecule has 0 bridgehead atoms. The van der Waals surface area contributed by atoms with Crippen LogP contribution in [0.4, 0.5) is 0 Å². The number of rotatable bonds is 8. The number of hydrogen-bond acceptors (Lipinski definition) is 5. The lowest BCUT2D eigenvalue weighted by Crippen LogP contribution is -2.38. The number of carbonyl (C=O) groups is 3. The summed E-state index contributed by atoms with van der Waals surface area (Å²) in [6.07, 6.45) is 0.891. The van der Waals surface area contributed by atoms with Gasteiger partial charge in [-0.25, -0.2) is 0 Å². The average molecular weight is 307 g/mol. The van der Waals surface area contributed by atoms with Crippen LogP contribution in [-0.2, 0) is 30.3 Å². The summed E-state index contributed by atoms with van der Waals surface area (Å²) in [5.41, 5.74) is 1.04. The van der Waals surface area contributed by atoms with E-state index >= 15 is 0 Å². The molecule has 0 fully saturated rings. The Balaban J connectivity index is 2.57. The van der Waals surface area contributed by atoms with Crippen LogP contribution in [0.15, 0.2) is 30.3 Å². The van der Waals surface area contributed by atoms with Gasteiger partial charge in [0.15, 0.2) is 0 Å². The Labute approximate surface area is 130 Å². The molecule has 1 rings (SSSR count). The van der Waals surface area contributed by atoms with Crippen LogP contribution >= 0.6 is 0 Å². The van der Waals surface area contributed by atoms with E-state index in [0.29, 0.717) is 6.42 Å². The Hall–Kier alpha value is -2.37. The van der Waals surface area contributed by atoms with Crippen LogP contribution in [0, 0.1) is 0 Å². The van der Waals surface area contributed by atoms with Crippen molar-refractivity contribution in [1.29, 1.82) is 0 Å². The standard InChI is InChI=1S/C16H21NO5/c1-21-15(19)10-11-17(12-16(20)22-2)14(18)9-8-13-6-4-3-5-7-13/h3-7H,8-12H2,1-2H3. The fourth-order valence-electron chi connectivity index (χ4n) is 1.89. The molecule has 0 aliphatic rings. The first kappa shape index (κ1) is 17.7. The van der Waals surface area contributed by atoms with E-state index in [2.05, 4.69) is 9.47 Å². The molecular weight excluding hydrogens is 286 g/mol. The fourth-order valence-corrected chi connectivity index (χ4v) is 1.89. The molecule has 0 aromatic heterocycles. The van der Waals surface area contributed by atoms with E-state index in [1.54, 1.807) is 0 Å². The number of hydrogen-bond donors (Lipinski definition) is 0. The van der Waals surface area contributed by atoms with E-state index in [-0.39, 0.29) is 31.8 Å². The highest BCUT2D eigenvalue weighted by molar-refractivity contribution is 5.82. The summed E-state index contributed by atoms with van der Waals surface area (Å²) >= 11 is 0. The van der Waals surface area contributed by atoms with E-state index in [1.807, 2.05) is 30.3 Å². The molecular formula is C16H21NO5. The van der Waals surface area contributed by atoms with E-state index in [1.165, 1.54) is 19.1 Å². The van der Waals surface area contributed by atoms with Gasteiger partial charge in [0.2, 0.25) is 5.91 Å². The van der Waals surface area contributed by atoms with Gasteiger partial charge in [-0.15, -0.1) is 0 Å². The molecule has 0 atom stereocenters. The number of carbonyl (C=O) groups excluding carboxylic acids is 3. The monoisotopic (exact) mass is 307 g/mol. The molecule has 1 amide bonds. The summed E-state index contributed by atoms with van der Waals surface area (Å²) in [5.74, 6) is -1.14. The maximum atomic E-state index is 12.2. The molecule has 0 spiro atoms. The van der Waals surface area contributed by atoms with Crippen LogP contribution < -0.4 is 0 Å². The van der Waals surface area contributed by atoms with Crippen molar-refractivity contribution < 1.29 is 23.9 Å². The Morgan fingerprint density at radius 2 is 1.59 bits per heavy atom. The van der Waals surface area contributed by atoms with Crippen LogP contribution in [0.3, 0.4) is 0 Å². The normalized spacial score (nSPS) is 9.91. The second kappa shape index (κ2) is 9.55. The zero-order chi connectivity index (χ0) is 16.4. The lowest BCUT2D eigenvalue weighted by Gasteiger charge is -2.21. The molecule has 1 aromatic rings. The van der Waals surface area contributed by atoms with Crippen molar-refractivity contribution in [3.63, 3.8) is 0 Å². The SMILES string of the molecule is COC(=O)CCN(CC(=O)OC)C(=O)CCc1ccccc1. The summed E-state index contributed by atoms with van der Waals surface area (Å²) in [6, 6.07) is 9.59. The number of aryl methyl sites for hydroxylation is 1. The molecule has 22 heavy (non-hydrogen) atoms. The van der Waals surface area contributed by atoms with Gasteiger partial charge in [0, 0.05) is 13.0 Å². The van der Waals surface area contributed by atoms with Crippen LogP contribution in [0.25, 0.3) is 0 Å². The number of nitrogens with zero attached hydrogens (tertiary/aromatic N) is 1. The minimum atomic E-state index is -0.516. The van der Waals surface area contributed by atoms with E-state index < -0.39 is 11.9 Å². The van der Waals surface area contributed by atoms with Crippen molar-refractivity contribution in [1.82, 2.24) is 4.90 Å². The molecule has 0 aliphatic carbocycles. The largest absolute Gasteiger partial charge is 0.469 e. The summed E-state index contributed by atoms with van der Waals surface area (Å²) in [6.45, 7) is -0.0312. The average Bonchev–Trinajstić information content (AvgIpc) is 2.56. The van der Waals surface area contributed by atoms with Crippen molar-refractivity contribution in [2.75, 3.05) is 27.3 Å². The highest BCUT2D eigenvalue weighted by Crippen LogP contribution is 2.06. The van der Waals surface area contributed by atoms with Crippen molar-refractivity contribution in [2.45, 2.75) is 19.3 Å². The first-order valence-corrected chi connectivity index (χ1v) is 7.02. The van der Waals surface area contributed by atoms with Crippen molar-refractivity contribution in [3.05, 3.63) is 35.9 Å². The second-order valence-electron chi connectivity index (χ2n) is 4.70. The van der Waals surface area contributed by atoms with Crippen LogP contribution in [-0.4, -0.2) is 50.1 Å². The molecule has 0 unspecified atom stereocenters.